The molecular weight excluding hydrogens is 294 g/mol. The Morgan fingerprint density at radius 2 is 2.19 bits per heavy atom. The van der Waals surface area contributed by atoms with Crippen LogP contribution in [0.25, 0.3) is 0 Å². The summed E-state index contributed by atoms with van der Waals surface area (Å²) in [5, 5.41) is 3.21. The van der Waals surface area contributed by atoms with E-state index in [4.69, 9.17) is 0 Å². The third-order valence-corrected chi connectivity index (χ3v) is 3.30. The quantitative estimate of drug-likeness (QED) is 0.922. The van der Waals surface area contributed by atoms with Gasteiger partial charge in [-0.2, -0.15) is 0 Å². The first-order valence-electron chi connectivity index (χ1n) is 5.01. The molecule has 1 aliphatic rings. The number of benzene rings is 1. The van der Waals surface area contributed by atoms with Crippen molar-refractivity contribution in [3.8, 4) is 0 Å². The third-order valence-electron chi connectivity index (χ3n) is 2.81. The van der Waals surface area contributed by atoms with E-state index < -0.39 is 0 Å². The van der Waals surface area contributed by atoms with Crippen LogP contribution in [0.1, 0.15) is 5.56 Å². The molecule has 1 aliphatic heterocycles. The first-order chi connectivity index (χ1) is 7.16. The van der Waals surface area contributed by atoms with Gasteiger partial charge in [0.05, 0.1) is 0 Å². The lowest BCUT2D eigenvalue weighted by Gasteiger charge is -2.35. The van der Waals surface area contributed by atoms with Gasteiger partial charge in [-0.1, -0.05) is 15.9 Å². The first-order valence-corrected chi connectivity index (χ1v) is 5.81. The summed E-state index contributed by atoms with van der Waals surface area (Å²) >= 11 is 3.36. The van der Waals surface area contributed by atoms with Crippen molar-refractivity contribution in [3.05, 3.63) is 34.1 Å². The predicted octanol–water partition coefficient (Wildman–Crippen LogP) is 2.41. The molecule has 16 heavy (non-hydrogen) atoms. The van der Waals surface area contributed by atoms with Gasteiger partial charge in [0, 0.05) is 35.7 Å². The molecule has 0 aromatic heterocycles. The summed E-state index contributed by atoms with van der Waals surface area (Å²) in [6, 6.07) is 5.62. The van der Waals surface area contributed by atoms with Gasteiger partial charge in [-0.3, -0.25) is 4.90 Å². The Hall–Kier alpha value is -0.160. The van der Waals surface area contributed by atoms with Crippen LogP contribution in [0.3, 0.4) is 0 Å². The van der Waals surface area contributed by atoms with E-state index in [9.17, 15) is 4.39 Å². The van der Waals surface area contributed by atoms with Crippen LogP contribution in [-0.4, -0.2) is 31.1 Å². The Kier molecular flexibility index (Phi) is 5.18. The van der Waals surface area contributed by atoms with E-state index in [1.54, 1.807) is 6.07 Å². The van der Waals surface area contributed by atoms with E-state index in [0.29, 0.717) is 12.6 Å². The molecule has 0 atom stereocenters. The molecule has 1 aromatic rings. The van der Waals surface area contributed by atoms with Gasteiger partial charge >= 0.3 is 0 Å². The fourth-order valence-electron chi connectivity index (χ4n) is 1.65. The second kappa shape index (κ2) is 5.96. The molecule has 90 valence electrons. The average Bonchev–Trinajstić information content (AvgIpc) is 2.08. The van der Waals surface area contributed by atoms with Gasteiger partial charge in [0.2, 0.25) is 0 Å². The fourth-order valence-corrected chi connectivity index (χ4v) is 2.06. The van der Waals surface area contributed by atoms with E-state index in [1.807, 2.05) is 13.1 Å². The van der Waals surface area contributed by atoms with Gasteiger partial charge in [0.15, 0.2) is 0 Å². The number of halogens is 3. The highest BCUT2D eigenvalue weighted by Crippen LogP contribution is 2.18. The number of nitrogens with one attached hydrogen (secondary N) is 1. The van der Waals surface area contributed by atoms with Gasteiger partial charge < -0.3 is 5.32 Å². The van der Waals surface area contributed by atoms with Gasteiger partial charge in [-0.05, 0) is 25.2 Å². The highest BCUT2D eigenvalue weighted by Gasteiger charge is 2.21. The van der Waals surface area contributed by atoms with Crippen LogP contribution in [0.2, 0.25) is 0 Å². The van der Waals surface area contributed by atoms with Gasteiger partial charge in [0.1, 0.15) is 5.82 Å². The molecule has 0 amide bonds. The molecule has 1 heterocycles. The minimum absolute atomic E-state index is 0. The summed E-state index contributed by atoms with van der Waals surface area (Å²) in [5.74, 6) is -0.127. The Morgan fingerprint density at radius 1 is 1.50 bits per heavy atom. The molecule has 0 radical (unpaired) electrons. The van der Waals surface area contributed by atoms with Crippen LogP contribution in [0.4, 0.5) is 4.39 Å². The van der Waals surface area contributed by atoms with Gasteiger partial charge in [-0.25, -0.2) is 4.39 Å². The third kappa shape index (κ3) is 3.17. The molecule has 1 aromatic carbocycles. The van der Waals surface area contributed by atoms with E-state index >= 15 is 0 Å². The van der Waals surface area contributed by atoms with Crippen molar-refractivity contribution in [2.24, 2.45) is 0 Å². The molecule has 0 unspecified atom stereocenters. The van der Waals surface area contributed by atoms with E-state index in [-0.39, 0.29) is 18.2 Å². The molecule has 0 aliphatic carbocycles. The minimum atomic E-state index is -0.127. The SMILES string of the molecule is CN(Cc1cc(Br)ccc1F)C1CNC1.Cl. The topological polar surface area (TPSA) is 15.3 Å². The highest BCUT2D eigenvalue weighted by molar-refractivity contribution is 9.10. The van der Waals surface area contributed by atoms with Gasteiger partial charge in [-0.15, -0.1) is 12.4 Å². The zero-order valence-electron chi connectivity index (χ0n) is 9.04. The van der Waals surface area contributed by atoms with Crippen LogP contribution in [0.15, 0.2) is 22.7 Å². The van der Waals surface area contributed by atoms with Crippen molar-refractivity contribution in [2.45, 2.75) is 12.6 Å². The molecule has 1 N–H and O–H groups in total. The Labute approximate surface area is 110 Å². The largest absolute Gasteiger partial charge is 0.314 e. The predicted molar refractivity (Wildman–Crippen MR) is 69.5 cm³/mol. The van der Waals surface area contributed by atoms with E-state index in [2.05, 4.69) is 26.1 Å². The van der Waals surface area contributed by atoms with Crippen molar-refractivity contribution >= 4 is 28.3 Å². The van der Waals surface area contributed by atoms with Crippen molar-refractivity contribution in [1.82, 2.24) is 10.2 Å². The van der Waals surface area contributed by atoms with Crippen LogP contribution in [0, 0.1) is 5.82 Å². The van der Waals surface area contributed by atoms with Crippen LogP contribution < -0.4 is 5.32 Å². The molecule has 1 saturated heterocycles. The highest BCUT2D eigenvalue weighted by atomic mass is 79.9. The molecular formula is C11H15BrClFN2. The molecule has 2 nitrogen and oxygen atoms in total. The molecule has 0 spiro atoms. The summed E-state index contributed by atoms with van der Waals surface area (Å²) in [7, 11) is 2.03. The second-order valence-corrected chi connectivity index (χ2v) is 4.88. The maximum atomic E-state index is 13.5. The number of likely N-dealkylation sites (N-methyl/N-ethyl adjacent to an activating group) is 1. The Bertz CT molecular complexity index is 358. The normalized spacial score (nSPS) is 15.8. The lowest BCUT2D eigenvalue weighted by Crippen LogP contribution is -2.55. The van der Waals surface area contributed by atoms with Crippen molar-refractivity contribution in [3.63, 3.8) is 0 Å². The summed E-state index contributed by atoms with van der Waals surface area (Å²) < 4.78 is 14.4. The number of nitrogens with zero attached hydrogens (tertiary/aromatic N) is 1. The van der Waals surface area contributed by atoms with Crippen molar-refractivity contribution in [2.75, 3.05) is 20.1 Å². The minimum Gasteiger partial charge on any atom is -0.314 e. The zero-order valence-corrected chi connectivity index (χ0v) is 11.4. The summed E-state index contributed by atoms with van der Waals surface area (Å²) in [5.41, 5.74) is 0.749. The molecule has 2 rings (SSSR count). The van der Waals surface area contributed by atoms with E-state index in [0.717, 1.165) is 23.1 Å². The van der Waals surface area contributed by atoms with Crippen molar-refractivity contribution < 1.29 is 4.39 Å². The molecule has 1 fully saturated rings. The smallest absolute Gasteiger partial charge is 0.127 e. The Balaban J connectivity index is 0.00000128. The monoisotopic (exact) mass is 308 g/mol. The molecule has 5 heteroatoms. The second-order valence-electron chi connectivity index (χ2n) is 3.96. The fraction of sp³-hybridized carbons (Fsp3) is 0.455. The maximum absolute atomic E-state index is 13.5. The number of hydrogen-bond donors (Lipinski definition) is 1. The molecule has 0 bridgehead atoms. The maximum Gasteiger partial charge on any atom is 0.127 e. The van der Waals surface area contributed by atoms with Crippen LogP contribution in [-0.2, 0) is 6.54 Å². The Morgan fingerprint density at radius 3 is 2.75 bits per heavy atom. The number of hydrogen-bond acceptors (Lipinski definition) is 2. The standard InChI is InChI=1S/C11H14BrFN2.ClH/c1-15(10-5-14-6-10)7-8-4-9(12)2-3-11(8)13;/h2-4,10,14H,5-7H2,1H3;1H. The lowest BCUT2D eigenvalue weighted by atomic mass is 10.1. The molecule has 0 saturated carbocycles. The zero-order chi connectivity index (χ0) is 10.8. The lowest BCUT2D eigenvalue weighted by molar-refractivity contribution is 0.171. The number of rotatable bonds is 3. The average molecular weight is 310 g/mol. The summed E-state index contributed by atoms with van der Waals surface area (Å²) in [6.45, 7) is 2.68. The van der Waals surface area contributed by atoms with E-state index in [1.165, 1.54) is 6.07 Å². The first kappa shape index (κ1) is 13.9. The van der Waals surface area contributed by atoms with Crippen LogP contribution in [0.5, 0.6) is 0 Å². The summed E-state index contributed by atoms with van der Waals surface area (Å²) in [6.07, 6.45) is 0. The van der Waals surface area contributed by atoms with Crippen molar-refractivity contribution in [1.29, 1.82) is 0 Å². The van der Waals surface area contributed by atoms with Crippen LogP contribution >= 0.6 is 28.3 Å². The van der Waals surface area contributed by atoms with Gasteiger partial charge in [0.25, 0.3) is 0 Å². The summed E-state index contributed by atoms with van der Waals surface area (Å²) in [4.78, 5) is 2.18.